The average molecular weight is 275 g/mol. The molecule has 2 N–H and O–H groups in total. The van der Waals surface area contributed by atoms with Gasteiger partial charge in [-0.25, -0.2) is 4.79 Å². The van der Waals surface area contributed by atoms with E-state index in [4.69, 9.17) is 14.6 Å². The molecule has 0 aromatic carbocycles. The molecule has 2 atom stereocenters. The minimum absolute atomic E-state index is 0.0697. The minimum atomic E-state index is -1.19. The minimum Gasteiger partial charge on any atom is -0.480 e. The fourth-order valence-corrected chi connectivity index (χ4v) is 1.46. The molecule has 7 nitrogen and oxygen atoms in total. The quantitative estimate of drug-likeness (QED) is 0.582. The monoisotopic (exact) mass is 275 g/mol. The van der Waals surface area contributed by atoms with Crippen LogP contribution in [0.1, 0.15) is 27.2 Å². The first-order chi connectivity index (χ1) is 8.92. The van der Waals surface area contributed by atoms with Crippen molar-refractivity contribution in [1.29, 1.82) is 0 Å². The number of esters is 1. The van der Waals surface area contributed by atoms with E-state index in [1.807, 2.05) is 0 Å². The molecule has 0 spiro atoms. The summed E-state index contributed by atoms with van der Waals surface area (Å²) in [6, 6.07) is -1.14. The van der Waals surface area contributed by atoms with Crippen molar-refractivity contribution in [3.63, 3.8) is 0 Å². The van der Waals surface area contributed by atoms with Gasteiger partial charge in [0.1, 0.15) is 12.6 Å². The summed E-state index contributed by atoms with van der Waals surface area (Å²) in [5, 5.41) is 11.4. The van der Waals surface area contributed by atoms with Gasteiger partial charge in [-0.3, -0.25) is 9.59 Å². The van der Waals surface area contributed by atoms with Crippen LogP contribution in [0.25, 0.3) is 0 Å². The molecule has 19 heavy (non-hydrogen) atoms. The zero-order valence-electron chi connectivity index (χ0n) is 11.5. The highest BCUT2D eigenvalue weighted by atomic mass is 16.5. The van der Waals surface area contributed by atoms with Crippen LogP contribution in [-0.2, 0) is 23.9 Å². The van der Waals surface area contributed by atoms with Crippen LogP contribution >= 0.6 is 0 Å². The number of amides is 1. The maximum absolute atomic E-state index is 11.4. The maximum atomic E-state index is 11.4. The van der Waals surface area contributed by atoms with E-state index in [9.17, 15) is 14.4 Å². The van der Waals surface area contributed by atoms with E-state index >= 15 is 0 Å². The summed E-state index contributed by atoms with van der Waals surface area (Å²) in [7, 11) is 0. The lowest BCUT2D eigenvalue weighted by Crippen LogP contribution is -2.47. The van der Waals surface area contributed by atoms with Crippen molar-refractivity contribution in [2.24, 2.45) is 5.92 Å². The summed E-state index contributed by atoms with van der Waals surface area (Å²) in [5.41, 5.74) is 0. The standard InChI is InChI=1S/C12H21NO6/c1-4-18-7-9(14)13-11(12(16)17)8(3)6-10(15)19-5-2/h8,11H,4-7H2,1-3H3,(H,13,14)(H,16,17)/t8-,11+/m0/s1. The number of aliphatic carboxylic acids is 1. The molecule has 0 saturated carbocycles. The molecule has 7 heteroatoms. The van der Waals surface area contributed by atoms with Gasteiger partial charge in [0.15, 0.2) is 0 Å². The number of nitrogens with one attached hydrogen (secondary N) is 1. The molecule has 0 aromatic rings. The van der Waals surface area contributed by atoms with Gasteiger partial charge in [-0.1, -0.05) is 6.92 Å². The number of hydrogen-bond donors (Lipinski definition) is 2. The molecular formula is C12H21NO6. The van der Waals surface area contributed by atoms with E-state index in [2.05, 4.69) is 5.32 Å². The zero-order chi connectivity index (χ0) is 14.8. The predicted molar refractivity (Wildman–Crippen MR) is 66.5 cm³/mol. The number of carbonyl (C=O) groups is 3. The molecule has 0 aliphatic heterocycles. The van der Waals surface area contributed by atoms with Crippen LogP contribution in [0.2, 0.25) is 0 Å². The lowest BCUT2D eigenvalue weighted by Gasteiger charge is -2.20. The zero-order valence-corrected chi connectivity index (χ0v) is 11.5. The second-order valence-electron chi connectivity index (χ2n) is 4.01. The summed E-state index contributed by atoms with van der Waals surface area (Å²) in [6.45, 7) is 5.36. The Morgan fingerprint density at radius 2 is 1.84 bits per heavy atom. The Morgan fingerprint density at radius 1 is 1.21 bits per heavy atom. The van der Waals surface area contributed by atoms with Crippen LogP contribution in [0.5, 0.6) is 0 Å². The maximum Gasteiger partial charge on any atom is 0.326 e. The SMILES string of the molecule is CCOCC(=O)N[C@@H](C(=O)O)[C@@H](C)CC(=O)OCC. The molecule has 0 bridgehead atoms. The molecule has 0 aliphatic rings. The van der Waals surface area contributed by atoms with Crippen LogP contribution in [-0.4, -0.2) is 48.8 Å². The summed E-state index contributed by atoms with van der Waals surface area (Å²) < 4.78 is 9.62. The van der Waals surface area contributed by atoms with Gasteiger partial charge in [-0.15, -0.1) is 0 Å². The molecule has 1 amide bonds. The van der Waals surface area contributed by atoms with Crippen molar-refractivity contribution < 1.29 is 29.0 Å². The Bertz CT molecular complexity index is 317. The Labute approximate surface area is 112 Å². The van der Waals surface area contributed by atoms with E-state index in [0.717, 1.165) is 0 Å². The second kappa shape index (κ2) is 9.32. The normalized spacial score (nSPS) is 13.4. The highest BCUT2D eigenvalue weighted by molar-refractivity contribution is 5.85. The van der Waals surface area contributed by atoms with Gasteiger partial charge in [0.2, 0.25) is 5.91 Å². The Morgan fingerprint density at radius 3 is 2.32 bits per heavy atom. The van der Waals surface area contributed by atoms with Gasteiger partial charge in [-0.05, 0) is 19.8 Å². The van der Waals surface area contributed by atoms with Crippen LogP contribution in [0.3, 0.4) is 0 Å². The number of ether oxygens (including phenoxy) is 2. The molecule has 0 aliphatic carbocycles. The molecular weight excluding hydrogens is 254 g/mol. The number of hydrogen-bond acceptors (Lipinski definition) is 5. The van der Waals surface area contributed by atoms with Crippen LogP contribution in [0.4, 0.5) is 0 Å². The van der Waals surface area contributed by atoms with Gasteiger partial charge in [0.05, 0.1) is 13.0 Å². The molecule has 0 unspecified atom stereocenters. The molecule has 0 saturated heterocycles. The second-order valence-corrected chi connectivity index (χ2v) is 4.01. The van der Waals surface area contributed by atoms with Crippen LogP contribution in [0, 0.1) is 5.92 Å². The Balaban J connectivity index is 4.42. The van der Waals surface area contributed by atoms with Crippen molar-refractivity contribution in [2.75, 3.05) is 19.8 Å². The molecule has 0 radical (unpaired) electrons. The number of carboxylic acids is 1. The third-order valence-electron chi connectivity index (χ3n) is 2.38. The Hall–Kier alpha value is -1.63. The van der Waals surface area contributed by atoms with Crippen molar-refractivity contribution >= 4 is 17.8 Å². The first-order valence-corrected chi connectivity index (χ1v) is 6.17. The number of rotatable bonds is 9. The first kappa shape index (κ1) is 17.4. The third-order valence-corrected chi connectivity index (χ3v) is 2.38. The van der Waals surface area contributed by atoms with Gasteiger partial charge >= 0.3 is 11.9 Å². The first-order valence-electron chi connectivity index (χ1n) is 6.17. The highest BCUT2D eigenvalue weighted by Gasteiger charge is 2.28. The lowest BCUT2D eigenvalue weighted by molar-refractivity contribution is -0.147. The van der Waals surface area contributed by atoms with E-state index < -0.39 is 29.8 Å². The molecule has 110 valence electrons. The molecule has 0 aromatic heterocycles. The Kier molecular flexibility index (Phi) is 8.52. The lowest BCUT2D eigenvalue weighted by atomic mass is 9.98. The van der Waals surface area contributed by atoms with Gasteiger partial charge in [0, 0.05) is 6.61 Å². The van der Waals surface area contributed by atoms with Crippen molar-refractivity contribution in [3.8, 4) is 0 Å². The smallest absolute Gasteiger partial charge is 0.326 e. The molecule has 0 heterocycles. The summed E-state index contributed by atoms with van der Waals surface area (Å²) in [5.74, 6) is -2.77. The van der Waals surface area contributed by atoms with Gasteiger partial charge in [-0.2, -0.15) is 0 Å². The fourth-order valence-electron chi connectivity index (χ4n) is 1.46. The predicted octanol–water partition coefficient (Wildman–Crippen LogP) is 0.182. The molecule has 0 fully saturated rings. The van der Waals surface area contributed by atoms with E-state index in [-0.39, 0.29) is 19.6 Å². The van der Waals surface area contributed by atoms with Gasteiger partial charge in [0.25, 0.3) is 0 Å². The number of carboxylic acid groups (broad SMARTS) is 1. The summed E-state index contributed by atoms with van der Waals surface area (Å²) >= 11 is 0. The average Bonchev–Trinajstić information content (AvgIpc) is 2.32. The summed E-state index contributed by atoms with van der Waals surface area (Å²) in [4.78, 5) is 33.8. The third kappa shape index (κ3) is 7.40. The van der Waals surface area contributed by atoms with Crippen molar-refractivity contribution in [1.82, 2.24) is 5.32 Å². The fraction of sp³-hybridized carbons (Fsp3) is 0.750. The molecule has 0 rings (SSSR count). The highest BCUT2D eigenvalue weighted by Crippen LogP contribution is 2.10. The van der Waals surface area contributed by atoms with E-state index in [1.165, 1.54) is 0 Å². The van der Waals surface area contributed by atoms with Gasteiger partial charge < -0.3 is 19.9 Å². The van der Waals surface area contributed by atoms with Crippen LogP contribution < -0.4 is 5.32 Å². The van der Waals surface area contributed by atoms with E-state index in [1.54, 1.807) is 20.8 Å². The van der Waals surface area contributed by atoms with E-state index in [0.29, 0.717) is 6.61 Å². The van der Waals surface area contributed by atoms with Crippen molar-refractivity contribution in [2.45, 2.75) is 33.2 Å². The number of carbonyl (C=O) groups excluding carboxylic acids is 2. The largest absolute Gasteiger partial charge is 0.480 e. The van der Waals surface area contributed by atoms with Crippen LogP contribution in [0.15, 0.2) is 0 Å². The van der Waals surface area contributed by atoms with Crippen molar-refractivity contribution in [3.05, 3.63) is 0 Å². The topological polar surface area (TPSA) is 102 Å². The summed E-state index contributed by atoms with van der Waals surface area (Å²) in [6.07, 6.45) is -0.0697.